The van der Waals surface area contributed by atoms with Gasteiger partial charge in [-0.25, -0.2) is 4.98 Å². The molecule has 2 aromatic carbocycles. The van der Waals surface area contributed by atoms with Crippen molar-refractivity contribution in [1.82, 2.24) is 4.98 Å². The molecule has 25 heavy (non-hydrogen) atoms. The molecule has 0 bridgehead atoms. The zero-order valence-electron chi connectivity index (χ0n) is 14.5. The minimum atomic E-state index is 1.02. The van der Waals surface area contributed by atoms with Crippen LogP contribution in [0.1, 0.15) is 24.8 Å². The van der Waals surface area contributed by atoms with Crippen molar-refractivity contribution in [3.05, 3.63) is 60.2 Å². The molecule has 1 aromatic heterocycles. The molecular weight excluding hydrogens is 306 g/mol. The van der Waals surface area contributed by atoms with Gasteiger partial charge in [-0.2, -0.15) is 0 Å². The van der Waals surface area contributed by atoms with Crippen molar-refractivity contribution < 1.29 is 0 Å². The predicted molar refractivity (Wildman–Crippen MR) is 105 cm³/mol. The zero-order chi connectivity index (χ0) is 16.6. The van der Waals surface area contributed by atoms with Crippen LogP contribution in [0, 0.1) is 0 Å². The van der Waals surface area contributed by atoms with Gasteiger partial charge in [0.15, 0.2) is 0 Å². The van der Waals surface area contributed by atoms with Crippen LogP contribution in [-0.2, 0) is 6.42 Å². The average molecular weight is 329 g/mol. The van der Waals surface area contributed by atoms with Crippen LogP contribution in [0.4, 0.5) is 17.2 Å². The third kappa shape index (κ3) is 2.46. The van der Waals surface area contributed by atoms with Crippen molar-refractivity contribution in [2.75, 3.05) is 29.4 Å². The molecule has 0 radical (unpaired) electrons. The van der Waals surface area contributed by atoms with Crippen molar-refractivity contribution in [3.63, 3.8) is 0 Å². The highest BCUT2D eigenvalue weighted by atomic mass is 15.2. The van der Waals surface area contributed by atoms with E-state index in [-0.39, 0.29) is 0 Å². The predicted octanol–water partition coefficient (Wildman–Crippen LogP) is 4.92. The molecule has 2 aliphatic heterocycles. The third-order valence-corrected chi connectivity index (χ3v) is 5.52. The first-order valence-electron chi connectivity index (χ1n) is 9.41. The molecule has 1 fully saturated rings. The number of anilines is 3. The lowest BCUT2D eigenvalue weighted by molar-refractivity contribution is 0.578. The van der Waals surface area contributed by atoms with Gasteiger partial charge < -0.3 is 9.80 Å². The lowest BCUT2D eigenvalue weighted by atomic mass is 10.0. The fourth-order valence-corrected chi connectivity index (χ4v) is 4.34. The second-order valence-electron chi connectivity index (χ2n) is 7.06. The minimum absolute atomic E-state index is 1.02. The first kappa shape index (κ1) is 14.8. The molecule has 5 rings (SSSR count). The summed E-state index contributed by atoms with van der Waals surface area (Å²) in [5, 5.41) is 1.32. The Balaban J connectivity index is 1.71. The van der Waals surface area contributed by atoms with Gasteiger partial charge in [0.1, 0.15) is 5.82 Å². The Labute approximate surface area is 148 Å². The largest absolute Gasteiger partial charge is 0.371 e. The molecule has 3 heterocycles. The van der Waals surface area contributed by atoms with Crippen molar-refractivity contribution in [1.29, 1.82) is 0 Å². The number of fused-ring (bicyclic) bond motifs is 2. The molecule has 1 saturated heterocycles. The van der Waals surface area contributed by atoms with Crippen LogP contribution < -0.4 is 9.80 Å². The maximum Gasteiger partial charge on any atom is 0.139 e. The number of nitrogens with zero attached hydrogens (tertiary/aromatic N) is 3. The smallest absolute Gasteiger partial charge is 0.139 e. The fourth-order valence-electron chi connectivity index (χ4n) is 4.34. The summed E-state index contributed by atoms with van der Waals surface area (Å²) in [7, 11) is 0. The summed E-state index contributed by atoms with van der Waals surface area (Å²) >= 11 is 0. The van der Waals surface area contributed by atoms with Crippen LogP contribution in [0.5, 0.6) is 0 Å². The Morgan fingerprint density at radius 1 is 0.760 bits per heavy atom. The Kier molecular flexibility index (Phi) is 3.58. The molecule has 0 atom stereocenters. The molecule has 126 valence electrons. The van der Waals surface area contributed by atoms with Gasteiger partial charge in [-0.05, 0) is 43.9 Å². The van der Waals surface area contributed by atoms with Gasteiger partial charge in [0.05, 0.1) is 11.2 Å². The molecule has 3 heteroatoms. The Bertz CT molecular complexity index is 898. The average Bonchev–Trinajstić information content (AvgIpc) is 3.11. The number of benzene rings is 2. The van der Waals surface area contributed by atoms with E-state index in [0.717, 1.165) is 24.3 Å². The maximum absolute atomic E-state index is 5.07. The summed E-state index contributed by atoms with van der Waals surface area (Å²) < 4.78 is 0. The van der Waals surface area contributed by atoms with Crippen molar-refractivity contribution in [2.24, 2.45) is 0 Å². The number of para-hydroxylation sites is 2. The number of aromatic nitrogens is 1. The molecule has 3 nitrogen and oxygen atoms in total. The van der Waals surface area contributed by atoms with E-state index in [2.05, 4.69) is 64.4 Å². The van der Waals surface area contributed by atoms with E-state index >= 15 is 0 Å². The van der Waals surface area contributed by atoms with Gasteiger partial charge in [-0.1, -0.05) is 36.4 Å². The fraction of sp³-hybridized carbons (Fsp3) is 0.318. The van der Waals surface area contributed by atoms with E-state index in [1.165, 1.54) is 54.7 Å². The van der Waals surface area contributed by atoms with Crippen molar-refractivity contribution >= 4 is 28.1 Å². The molecule has 2 aliphatic rings. The molecule has 0 unspecified atom stereocenters. The normalized spacial score (nSPS) is 17.1. The lowest BCUT2D eigenvalue weighted by Crippen LogP contribution is -2.30. The Morgan fingerprint density at radius 3 is 2.36 bits per heavy atom. The second kappa shape index (κ2) is 6.07. The van der Waals surface area contributed by atoms with Crippen molar-refractivity contribution in [2.45, 2.75) is 25.7 Å². The summed E-state index contributed by atoms with van der Waals surface area (Å²) in [6.07, 6.45) is 5.04. The summed E-state index contributed by atoms with van der Waals surface area (Å²) in [4.78, 5) is 10.1. The second-order valence-corrected chi connectivity index (χ2v) is 7.06. The number of rotatable bonds is 2. The van der Waals surface area contributed by atoms with E-state index in [1.54, 1.807) is 0 Å². The van der Waals surface area contributed by atoms with Gasteiger partial charge in [0.2, 0.25) is 0 Å². The van der Waals surface area contributed by atoms with E-state index in [9.17, 15) is 0 Å². The molecule has 0 saturated carbocycles. The van der Waals surface area contributed by atoms with Crippen LogP contribution in [0.3, 0.4) is 0 Å². The first-order valence-corrected chi connectivity index (χ1v) is 9.41. The van der Waals surface area contributed by atoms with Gasteiger partial charge in [0.25, 0.3) is 0 Å². The van der Waals surface area contributed by atoms with Gasteiger partial charge in [0, 0.05) is 36.3 Å². The number of hydrogen-bond donors (Lipinski definition) is 0. The van der Waals surface area contributed by atoms with Gasteiger partial charge in [-0.15, -0.1) is 0 Å². The first-order chi connectivity index (χ1) is 12.4. The summed E-state index contributed by atoms with van der Waals surface area (Å²) in [5.41, 5.74) is 5.24. The van der Waals surface area contributed by atoms with E-state index in [1.807, 2.05) is 0 Å². The quantitative estimate of drug-likeness (QED) is 0.665. The highest BCUT2D eigenvalue weighted by Gasteiger charge is 2.29. The SMILES string of the molecule is c1ccc(N2CCc3c2nc2ccccc2c3N2CCCCC2)cc1. The molecule has 0 amide bonds. The van der Waals surface area contributed by atoms with E-state index in [0.29, 0.717) is 0 Å². The molecule has 0 spiro atoms. The standard InChI is InChI=1S/C22H23N3/c1-3-9-17(10-4-1)25-16-13-19-21(24-14-7-2-8-15-24)18-11-5-6-12-20(18)23-22(19)25/h1,3-6,9-12H,2,7-8,13-16H2. The van der Waals surface area contributed by atoms with E-state index < -0.39 is 0 Å². The molecule has 0 N–H and O–H groups in total. The summed E-state index contributed by atoms with van der Waals surface area (Å²) in [5.74, 6) is 1.16. The topological polar surface area (TPSA) is 19.4 Å². The van der Waals surface area contributed by atoms with Crippen LogP contribution in [0.15, 0.2) is 54.6 Å². The van der Waals surface area contributed by atoms with Crippen molar-refractivity contribution in [3.8, 4) is 0 Å². The highest BCUT2D eigenvalue weighted by Crippen LogP contribution is 2.42. The van der Waals surface area contributed by atoms with Crippen LogP contribution >= 0.6 is 0 Å². The number of pyridine rings is 1. The highest BCUT2D eigenvalue weighted by molar-refractivity contribution is 5.97. The van der Waals surface area contributed by atoms with Crippen LogP contribution in [0.25, 0.3) is 10.9 Å². The van der Waals surface area contributed by atoms with Gasteiger partial charge in [-0.3, -0.25) is 0 Å². The van der Waals surface area contributed by atoms with Crippen LogP contribution in [-0.4, -0.2) is 24.6 Å². The zero-order valence-corrected chi connectivity index (χ0v) is 14.5. The lowest BCUT2D eigenvalue weighted by Gasteiger charge is -2.31. The Hall–Kier alpha value is -2.55. The number of piperidine rings is 1. The Morgan fingerprint density at radius 2 is 1.52 bits per heavy atom. The van der Waals surface area contributed by atoms with Gasteiger partial charge >= 0.3 is 0 Å². The monoisotopic (exact) mass is 329 g/mol. The molecule has 3 aromatic rings. The molecule has 0 aliphatic carbocycles. The maximum atomic E-state index is 5.07. The minimum Gasteiger partial charge on any atom is -0.371 e. The third-order valence-electron chi connectivity index (χ3n) is 5.52. The van der Waals surface area contributed by atoms with Crippen LogP contribution in [0.2, 0.25) is 0 Å². The summed E-state index contributed by atoms with van der Waals surface area (Å²) in [6, 6.07) is 19.3. The number of hydrogen-bond acceptors (Lipinski definition) is 3. The molecular formula is C22H23N3. The summed E-state index contributed by atoms with van der Waals surface area (Å²) in [6.45, 7) is 3.36. The van der Waals surface area contributed by atoms with E-state index in [4.69, 9.17) is 4.98 Å².